The van der Waals surface area contributed by atoms with E-state index in [1.165, 1.54) is 0 Å². The minimum Gasteiger partial charge on any atom is -0.382 e. The second-order valence-corrected chi connectivity index (χ2v) is 4.64. The predicted molar refractivity (Wildman–Crippen MR) is 58.2 cm³/mol. The van der Waals surface area contributed by atoms with Crippen molar-refractivity contribution in [1.29, 1.82) is 0 Å². The minimum absolute atomic E-state index is 0.0734. The molecular formula is C11H23NO2. The van der Waals surface area contributed by atoms with Gasteiger partial charge in [0.1, 0.15) is 0 Å². The molecule has 0 spiro atoms. The molecule has 0 aliphatic heterocycles. The van der Waals surface area contributed by atoms with Crippen molar-refractivity contribution in [2.75, 3.05) is 19.8 Å². The molecule has 3 nitrogen and oxygen atoms in total. The first kappa shape index (κ1) is 13.4. The molecule has 0 rings (SSSR count). The van der Waals surface area contributed by atoms with Gasteiger partial charge in [0.15, 0.2) is 0 Å². The average molecular weight is 201 g/mol. The third-order valence-electron chi connectivity index (χ3n) is 1.68. The molecule has 0 aromatic carbocycles. The van der Waals surface area contributed by atoms with Gasteiger partial charge in [-0.15, -0.1) is 0 Å². The number of nitrogens with one attached hydrogen (secondary N) is 1. The SMILES string of the molecule is CCOCCCNC(=O)CC(C)(C)C. The van der Waals surface area contributed by atoms with E-state index < -0.39 is 0 Å². The molecule has 0 atom stereocenters. The van der Waals surface area contributed by atoms with Crippen molar-refractivity contribution in [2.24, 2.45) is 5.41 Å². The maximum absolute atomic E-state index is 11.3. The molecule has 1 amide bonds. The third kappa shape index (κ3) is 9.52. The zero-order valence-corrected chi connectivity index (χ0v) is 9.85. The summed E-state index contributed by atoms with van der Waals surface area (Å²) >= 11 is 0. The van der Waals surface area contributed by atoms with Crippen LogP contribution in [0.1, 0.15) is 40.5 Å². The van der Waals surface area contributed by atoms with Gasteiger partial charge < -0.3 is 10.1 Å². The maximum atomic E-state index is 11.3. The summed E-state index contributed by atoms with van der Waals surface area (Å²) in [5.74, 6) is 0.133. The van der Waals surface area contributed by atoms with Crippen molar-refractivity contribution in [1.82, 2.24) is 5.32 Å². The van der Waals surface area contributed by atoms with Crippen molar-refractivity contribution in [3.8, 4) is 0 Å². The molecule has 0 radical (unpaired) electrons. The summed E-state index contributed by atoms with van der Waals surface area (Å²) < 4.78 is 5.16. The van der Waals surface area contributed by atoms with Gasteiger partial charge in [-0.2, -0.15) is 0 Å². The van der Waals surface area contributed by atoms with Crippen LogP contribution in [0.3, 0.4) is 0 Å². The molecule has 84 valence electrons. The number of hydrogen-bond donors (Lipinski definition) is 1. The molecule has 1 N–H and O–H groups in total. The normalized spacial score (nSPS) is 11.4. The number of rotatable bonds is 6. The Balaban J connectivity index is 3.36. The van der Waals surface area contributed by atoms with E-state index in [-0.39, 0.29) is 11.3 Å². The van der Waals surface area contributed by atoms with Gasteiger partial charge in [0, 0.05) is 26.2 Å². The third-order valence-corrected chi connectivity index (χ3v) is 1.68. The Morgan fingerprint density at radius 1 is 1.36 bits per heavy atom. The van der Waals surface area contributed by atoms with E-state index in [9.17, 15) is 4.79 Å². The summed E-state index contributed by atoms with van der Waals surface area (Å²) in [5.41, 5.74) is 0.0734. The molecule has 3 heteroatoms. The summed E-state index contributed by atoms with van der Waals surface area (Å²) in [7, 11) is 0. The van der Waals surface area contributed by atoms with E-state index in [1.807, 2.05) is 6.92 Å². The van der Waals surface area contributed by atoms with Crippen LogP contribution in [-0.2, 0) is 9.53 Å². The van der Waals surface area contributed by atoms with Crippen LogP contribution in [0.4, 0.5) is 0 Å². The number of carbonyl (C=O) groups is 1. The van der Waals surface area contributed by atoms with Crippen LogP contribution in [0.2, 0.25) is 0 Å². The molecule has 0 heterocycles. The van der Waals surface area contributed by atoms with Crippen LogP contribution in [0.25, 0.3) is 0 Å². The number of amides is 1. The lowest BCUT2D eigenvalue weighted by molar-refractivity contribution is -0.122. The van der Waals surface area contributed by atoms with E-state index in [2.05, 4.69) is 26.1 Å². The van der Waals surface area contributed by atoms with E-state index in [4.69, 9.17) is 4.74 Å². The van der Waals surface area contributed by atoms with E-state index in [0.717, 1.165) is 26.2 Å². The summed E-state index contributed by atoms with van der Waals surface area (Å²) in [4.78, 5) is 11.3. The quantitative estimate of drug-likeness (QED) is 0.667. The highest BCUT2D eigenvalue weighted by Crippen LogP contribution is 2.17. The van der Waals surface area contributed by atoms with E-state index >= 15 is 0 Å². The summed E-state index contributed by atoms with van der Waals surface area (Å²) in [6, 6.07) is 0. The monoisotopic (exact) mass is 201 g/mol. The standard InChI is InChI=1S/C11H23NO2/c1-5-14-8-6-7-12-10(13)9-11(2,3)4/h5-9H2,1-4H3,(H,12,13). The minimum atomic E-state index is 0.0734. The molecule has 0 aliphatic rings. The van der Waals surface area contributed by atoms with Gasteiger partial charge in [-0.1, -0.05) is 20.8 Å². The number of carbonyl (C=O) groups excluding carboxylic acids is 1. The summed E-state index contributed by atoms with van der Waals surface area (Å²) in [6.45, 7) is 10.3. The zero-order valence-electron chi connectivity index (χ0n) is 9.85. The highest BCUT2D eigenvalue weighted by molar-refractivity contribution is 5.76. The smallest absolute Gasteiger partial charge is 0.220 e. The number of hydrogen-bond acceptors (Lipinski definition) is 2. The Kier molecular flexibility index (Phi) is 6.54. The molecule has 0 bridgehead atoms. The lowest BCUT2D eigenvalue weighted by atomic mass is 9.92. The predicted octanol–water partition coefficient (Wildman–Crippen LogP) is 1.97. The first-order valence-corrected chi connectivity index (χ1v) is 5.30. The van der Waals surface area contributed by atoms with Crippen LogP contribution in [0.15, 0.2) is 0 Å². The fourth-order valence-electron chi connectivity index (χ4n) is 1.09. The first-order valence-electron chi connectivity index (χ1n) is 5.30. The van der Waals surface area contributed by atoms with Gasteiger partial charge in [0.2, 0.25) is 5.91 Å². The molecular weight excluding hydrogens is 178 g/mol. The average Bonchev–Trinajstić information content (AvgIpc) is 2.00. The molecule has 14 heavy (non-hydrogen) atoms. The Morgan fingerprint density at radius 2 is 2.00 bits per heavy atom. The highest BCUT2D eigenvalue weighted by atomic mass is 16.5. The van der Waals surface area contributed by atoms with Crippen LogP contribution < -0.4 is 5.32 Å². The largest absolute Gasteiger partial charge is 0.382 e. The van der Waals surface area contributed by atoms with Crippen molar-refractivity contribution in [3.63, 3.8) is 0 Å². The molecule has 0 saturated carbocycles. The van der Waals surface area contributed by atoms with Crippen molar-refractivity contribution in [2.45, 2.75) is 40.5 Å². The fourth-order valence-corrected chi connectivity index (χ4v) is 1.09. The van der Waals surface area contributed by atoms with Gasteiger partial charge in [0.05, 0.1) is 0 Å². The Labute approximate surface area is 87.2 Å². The Bertz CT molecular complexity index is 161. The molecule has 0 aromatic heterocycles. The topological polar surface area (TPSA) is 38.3 Å². The first-order chi connectivity index (χ1) is 6.45. The molecule has 0 unspecified atom stereocenters. The molecule has 0 aromatic rings. The lowest BCUT2D eigenvalue weighted by Gasteiger charge is -2.17. The van der Waals surface area contributed by atoms with Crippen LogP contribution in [-0.4, -0.2) is 25.7 Å². The fraction of sp³-hybridized carbons (Fsp3) is 0.909. The van der Waals surface area contributed by atoms with Crippen molar-refractivity contribution < 1.29 is 9.53 Å². The van der Waals surface area contributed by atoms with Crippen LogP contribution >= 0.6 is 0 Å². The van der Waals surface area contributed by atoms with Crippen molar-refractivity contribution in [3.05, 3.63) is 0 Å². The van der Waals surface area contributed by atoms with Crippen LogP contribution in [0, 0.1) is 5.41 Å². The van der Waals surface area contributed by atoms with Gasteiger partial charge >= 0.3 is 0 Å². The van der Waals surface area contributed by atoms with E-state index in [1.54, 1.807) is 0 Å². The molecule has 0 saturated heterocycles. The van der Waals surface area contributed by atoms with Crippen LogP contribution in [0.5, 0.6) is 0 Å². The van der Waals surface area contributed by atoms with Gasteiger partial charge in [-0.05, 0) is 18.8 Å². The van der Waals surface area contributed by atoms with Gasteiger partial charge in [-0.3, -0.25) is 4.79 Å². The number of ether oxygens (including phenoxy) is 1. The summed E-state index contributed by atoms with van der Waals surface area (Å²) in [5, 5.41) is 2.88. The summed E-state index contributed by atoms with van der Waals surface area (Å²) in [6.07, 6.45) is 1.48. The van der Waals surface area contributed by atoms with Gasteiger partial charge in [-0.25, -0.2) is 0 Å². The van der Waals surface area contributed by atoms with Gasteiger partial charge in [0.25, 0.3) is 0 Å². The Hall–Kier alpha value is -0.570. The maximum Gasteiger partial charge on any atom is 0.220 e. The van der Waals surface area contributed by atoms with E-state index in [0.29, 0.717) is 6.42 Å². The second kappa shape index (κ2) is 6.82. The highest BCUT2D eigenvalue weighted by Gasteiger charge is 2.14. The second-order valence-electron chi connectivity index (χ2n) is 4.64. The van der Waals surface area contributed by atoms with Crippen molar-refractivity contribution >= 4 is 5.91 Å². The molecule has 0 aliphatic carbocycles. The molecule has 0 fully saturated rings. The lowest BCUT2D eigenvalue weighted by Crippen LogP contribution is -2.28. The Morgan fingerprint density at radius 3 is 2.50 bits per heavy atom. The zero-order chi connectivity index (χ0) is 11.0.